The molecule has 0 aliphatic carbocycles. The first-order valence-corrected chi connectivity index (χ1v) is 10.1. The summed E-state index contributed by atoms with van der Waals surface area (Å²) in [5.41, 5.74) is -20.1. The van der Waals surface area contributed by atoms with Gasteiger partial charge in [-0.05, 0) is 12.1 Å². The van der Waals surface area contributed by atoms with E-state index in [1.807, 2.05) is 0 Å². The minimum atomic E-state index is -5.52. The van der Waals surface area contributed by atoms with Crippen molar-refractivity contribution in [3.8, 4) is 5.75 Å². The fourth-order valence-electron chi connectivity index (χ4n) is 3.72. The van der Waals surface area contributed by atoms with Crippen LogP contribution >= 0.6 is 0 Å². The molecule has 5 aromatic heterocycles. The zero-order valence-electron chi connectivity index (χ0n) is 20.2. The van der Waals surface area contributed by atoms with Gasteiger partial charge >= 0.3 is 83.8 Å². The molecular formula is C20H3F12N6Na2O2+. The molecule has 5 heterocycles. The smallest absolute Gasteiger partial charge is 0.869 e. The van der Waals surface area contributed by atoms with Gasteiger partial charge in [0.15, 0.2) is 16.8 Å². The van der Waals surface area contributed by atoms with Crippen LogP contribution in [0.4, 0.5) is 52.7 Å². The van der Waals surface area contributed by atoms with Crippen molar-refractivity contribution in [1.82, 2.24) is 29.9 Å². The van der Waals surface area contributed by atoms with Crippen molar-refractivity contribution in [3.05, 3.63) is 44.9 Å². The number of nitrogens with zero attached hydrogens (tertiary/aromatic N) is 5. The predicted molar refractivity (Wildman–Crippen MR) is 106 cm³/mol. The quantitative estimate of drug-likeness (QED) is 0.134. The first-order valence-electron chi connectivity index (χ1n) is 10.1. The first kappa shape index (κ1) is 34.0. The molecule has 0 aromatic carbocycles. The number of aromatic nitrogens is 6. The van der Waals surface area contributed by atoms with E-state index in [1.165, 1.54) is 4.98 Å². The predicted octanol–water partition coefficient (Wildman–Crippen LogP) is -0.881. The SMILES string of the molecule is O=c1c2nc3nc4c(C(F)(F)F)cc(C(F)(F)F)[nH]c4c([O-])c3nc2nc2c(C(F)(F)F)cc(C(F)(F)F)nc12.[Na+].[Na+]. The van der Waals surface area contributed by atoms with Crippen molar-refractivity contribution >= 4 is 44.4 Å². The van der Waals surface area contributed by atoms with Gasteiger partial charge in [-0.2, -0.15) is 52.7 Å². The fraction of sp³-hybridized carbons (Fsp3) is 0.200. The van der Waals surface area contributed by atoms with Gasteiger partial charge in [0.2, 0.25) is 5.43 Å². The van der Waals surface area contributed by atoms with Crippen LogP contribution in [0.25, 0.3) is 44.4 Å². The molecule has 0 spiro atoms. The van der Waals surface area contributed by atoms with Gasteiger partial charge in [-0.1, -0.05) is 5.75 Å². The van der Waals surface area contributed by atoms with E-state index in [0.717, 1.165) is 0 Å². The average Bonchev–Trinajstić information content (AvgIpc) is 2.80. The topological polar surface area (TPSA) is 120 Å². The molecule has 1 N–H and O–H groups in total. The summed E-state index contributed by atoms with van der Waals surface area (Å²) in [4.78, 5) is 30.9. The second kappa shape index (κ2) is 10.6. The maximum atomic E-state index is 13.6. The maximum absolute atomic E-state index is 13.6. The van der Waals surface area contributed by atoms with E-state index in [2.05, 4.69) is 24.9 Å². The van der Waals surface area contributed by atoms with E-state index in [-0.39, 0.29) is 65.2 Å². The van der Waals surface area contributed by atoms with Gasteiger partial charge in [-0.3, -0.25) is 4.79 Å². The van der Waals surface area contributed by atoms with Gasteiger partial charge < -0.3 is 10.1 Å². The third-order valence-corrected chi connectivity index (χ3v) is 5.41. The van der Waals surface area contributed by atoms with E-state index in [9.17, 15) is 62.6 Å². The number of rotatable bonds is 0. The number of aromatic amines is 1. The van der Waals surface area contributed by atoms with Crippen LogP contribution in [0.5, 0.6) is 5.75 Å². The minimum Gasteiger partial charge on any atom is -0.869 e. The van der Waals surface area contributed by atoms with Gasteiger partial charge in [0, 0.05) is 0 Å². The van der Waals surface area contributed by atoms with Gasteiger partial charge in [0.1, 0.15) is 33.5 Å². The third kappa shape index (κ3) is 5.71. The van der Waals surface area contributed by atoms with Gasteiger partial charge in [0.05, 0.1) is 16.6 Å². The van der Waals surface area contributed by atoms with Gasteiger partial charge in [0.25, 0.3) is 0 Å². The molecule has 0 unspecified atom stereocenters. The number of alkyl halides is 12. The minimum absolute atomic E-state index is 0. The van der Waals surface area contributed by atoms with Crippen LogP contribution in [0, 0.1) is 0 Å². The standard InChI is InChI=1S/C20H4F12N6O2.2Na/c21-17(22,23)3-1-5(19(27,28)29)33-9-7(3)35-15-11(13(9)39)38-16-12(37-15)14(40)10-8(36-16)4(18(24,25)26)2-6(34-10)20(30,31)32;;/h1-2,33,39H;;/q;2*+1/p-1. The van der Waals surface area contributed by atoms with Crippen molar-refractivity contribution in [2.24, 2.45) is 0 Å². The summed E-state index contributed by atoms with van der Waals surface area (Å²) >= 11 is 0. The summed E-state index contributed by atoms with van der Waals surface area (Å²) in [5.74, 6) is -1.68. The van der Waals surface area contributed by atoms with E-state index in [4.69, 9.17) is 0 Å². The molecule has 5 aromatic rings. The molecule has 42 heavy (non-hydrogen) atoms. The normalized spacial score (nSPS) is 13.0. The van der Waals surface area contributed by atoms with Gasteiger partial charge in [-0.25, -0.2) is 24.9 Å². The third-order valence-electron chi connectivity index (χ3n) is 5.41. The Kier molecular flexibility index (Phi) is 8.56. The Bertz CT molecular complexity index is 1950. The molecule has 0 bridgehead atoms. The van der Waals surface area contributed by atoms with Crippen LogP contribution in [0.2, 0.25) is 0 Å². The summed E-state index contributed by atoms with van der Waals surface area (Å²) in [5, 5.41) is 12.9. The van der Waals surface area contributed by atoms with Crippen molar-refractivity contribution in [2.45, 2.75) is 24.7 Å². The molecule has 0 radical (unpaired) electrons. The van der Waals surface area contributed by atoms with Crippen LogP contribution in [-0.4, -0.2) is 29.9 Å². The van der Waals surface area contributed by atoms with Crippen molar-refractivity contribution in [2.75, 3.05) is 0 Å². The number of hydrogen-bond donors (Lipinski definition) is 1. The second-order valence-corrected chi connectivity index (χ2v) is 8.01. The Hall–Kier alpha value is -2.52. The molecule has 0 fully saturated rings. The molecule has 0 saturated heterocycles. The fourth-order valence-corrected chi connectivity index (χ4v) is 3.72. The second-order valence-electron chi connectivity index (χ2n) is 8.01. The van der Waals surface area contributed by atoms with E-state index >= 15 is 0 Å². The van der Waals surface area contributed by atoms with Crippen LogP contribution in [0.15, 0.2) is 16.9 Å². The zero-order chi connectivity index (χ0) is 29.7. The Morgan fingerprint density at radius 1 is 0.571 bits per heavy atom. The average molecular weight is 633 g/mol. The number of H-pyrrole nitrogens is 1. The van der Waals surface area contributed by atoms with E-state index in [1.54, 1.807) is 0 Å². The van der Waals surface area contributed by atoms with Crippen LogP contribution < -0.4 is 69.6 Å². The molecule has 0 aliphatic rings. The molecule has 0 saturated carbocycles. The monoisotopic (exact) mass is 633 g/mol. The van der Waals surface area contributed by atoms with Crippen LogP contribution in [0.1, 0.15) is 22.5 Å². The molecule has 0 amide bonds. The molecule has 8 nitrogen and oxygen atoms in total. The molecular weight excluding hydrogens is 630 g/mol. The van der Waals surface area contributed by atoms with Crippen LogP contribution in [0.3, 0.4) is 0 Å². The number of hydrogen-bond acceptors (Lipinski definition) is 7. The summed E-state index contributed by atoms with van der Waals surface area (Å²) < 4.78 is 161. The Morgan fingerprint density at radius 2 is 1.05 bits per heavy atom. The molecule has 0 aliphatic heterocycles. The van der Waals surface area contributed by atoms with Crippen molar-refractivity contribution in [1.29, 1.82) is 0 Å². The largest absolute Gasteiger partial charge is 1.00 e. The molecule has 210 valence electrons. The van der Waals surface area contributed by atoms with Crippen molar-refractivity contribution < 1.29 is 117 Å². The molecule has 22 heteroatoms. The summed E-state index contributed by atoms with van der Waals surface area (Å²) in [6, 6.07) is -0.820. The summed E-state index contributed by atoms with van der Waals surface area (Å²) in [6.45, 7) is 0. The maximum Gasteiger partial charge on any atom is 1.00 e. The first-order chi connectivity index (χ1) is 18.2. The van der Waals surface area contributed by atoms with E-state index < -0.39 is 109 Å². The van der Waals surface area contributed by atoms with Crippen LogP contribution in [-0.2, 0) is 24.7 Å². The Morgan fingerprint density at radius 3 is 1.57 bits per heavy atom. The Balaban J connectivity index is 0.00000242. The number of fused-ring (bicyclic) bond motifs is 4. The van der Waals surface area contributed by atoms with Gasteiger partial charge in [-0.15, -0.1) is 0 Å². The zero-order valence-corrected chi connectivity index (χ0v) is 24.2. The summed E-state index contributed by atoms with van der Waals surface area (Å²) in [6.07, 6.45) is -21.9. The Labute approximate surface area is 265 Å². The number of halogens is 12. The molecule has 0 atom stereocenters. The summed E-state index contributed by atoms with van der Waals surface area (Å²) in [7, 11) is 0. The van der Waals surface area contributed by atoms with E-state index in [0.29, 0.717) is 0 Å². The number of pyridine rings is 4. The van der Waals surface area contributed by atoms with Crippen molar-refractivity contribution in [3.63, 3.8) is 0 Å². The number of nitrogens with one attached hydrogen (secondary N) is 1. The molecule has 5 rings (SSSR count).